The largest absolute Gasteiger partial charge is 0.378 e. The summed E-state index contributed by atoms with van der Waals surface area (Å²) in [5.41, 5.74) is 2.50. The monoisotopic (exact) mass is 421 g/mol. The standard InChI is InChI=1S/C22H23N5O4/c1-24(15-17-14-23-26(16-17)19-5-3-2-4-6-19)20-8-7-18(13-21(20)27(29)30)22(28)25-9-11-31-12-10-25/h2-8,13-14,16H,9-12,15H2,1H3. The van der Waals surface area contributed by atoms with Crippen molar-refractivity contribution in [2.45, 2.75) is 6.54 Å². The number of amides is 1. The number of hydrogen-bond acceptors (Lipinski definition) is 6. The highest BCUT2D eigenvalue weighted by Gasteiger charge is 2.24. The number of carbonyl (C=O) groups excluding carboxylic acids is 1. The lowest BCUT2D eigenvalue weighted by Crippen LogP contribution is -2.40. The molecule has 0 radical (unpaired) electrons. The number of anilines is 1. The van der Waals surface area contributed by atoms with Crippen LogP contribution >= 0.6 is 0 Å². The number of carbonyl (C=O) groups is 1. The minimum Gasteiger partial charge on any atom is -0.378 e. The summed E-state index contributed by atoms with van der Waals surface area (Å²) in [6.45, 7) is 2.36. The molecule has 0 aliphatic carbocycles. The van der Waals surface area contributed by atoms with Crippen molar-refractivity contribution in [3.05, 3.63) is 82.2 Å². The van der Waals surface area contributed by atoms with E-state index >= 15 is 0 Å². The van der Waals surface area contributed by atoms with Crippen LogP contribution in [0.3, 0.4) is 0 Å². The van der Waals surface area contributed by atoms with Gasteiger partial charge >= 0.3 is 0 Å². The first-order valence-electron chi connectivity index (χ1n) is 9.98. The summed E-state index contributed by atoms with van der Waals surface area (Å²) in [6, 6.07) is 14.4. The van der Waals surface area contributed by atoms with Crippen molar-refractivity contribution in [2.75, 3.05) is 38.3 Å². The molecule has 31 heavy (non-hydrogen) atoms. The Hall–Kier alpha value is -3.72. The fourth-order valence-corrected chi connectivity index (χ4v) is 3.60. The van der Waals surface area contributed by atoms with Crippen LogP contribution in [0, 0.1) is 10.1 Å². The van der Waals surface area contributed by atoms with E-state index in [4.69, 9.17) is 4.74 Å². The van der Waals surface area contributed by atoms with Crippen LogP contribution in [0.2, 0.25) is 0 Å². The van der Waals surface area contributed by atoms with E-state index in [2.05, 4.69) is 5.10 Å². The van der Waals surface area contributed by atoms with Crippen LogP contribution in [-0.2, 0) is 11.3 Å². The zero-order valence-corrected chi connectivity index (χ0v) is 17.2. The predicted molar refractivity (Wildman–Crippen MR) is 115 cm³/mol. The minimum atomic E-state index is -0.449. The van der Waals surface area contributed by atoms with E-state index in [1.54, 1.807) is 39.9 Å². The summed E-state index contributed by atoms with van der Waals surface area (Å²) < 4.78 is 7.03. The molecule has 0 unspecified atom stereocenters. The number of benzene rings is 2. The number of morpholine rings is 1. The lowest BCUT2D eigenvalue weighted by atomic mass is 10.1. The summed E-state index contributed by atoms with van der Waals surface area (Å²) in [5, 5.41) is 16.1. The summed E-state index contributed by atoms with van der Waals surface area (Å²) in [4.78, 5) is 27.4. The SMILES string of the molecule is CN(Cc1cnn(-c2ccccc2)c1)c1ccc(C(=O)N2CCOCC2)cc1[N+](=O)[O-]. The van der Waals surface area contributed by atoms with Gasteiger partial charge in [0, 0.05) is 50.1 Å². The number of nitro groups is 1. The maximum absolute atomic E-state index is 12.7. The van der Waals surface area contributed by atoms with E-state index in [1.165, 1.54) is 6.07 Å². The van der Waals surface area contributed by atoms with Gasteiger partial charge in [-0.2, -0.15) is 5.10 Å². The van der Waals surface area contributed by atoms with Crippen LogP contribution < -0.4 is 4.90 Å². The molecule has 4 rings (SSSR count). The van der Waals surface area contributed by atoms with Gasteiger partial charge in [-0.05, 0) is 24.3 Å². The molecular formula is C22H23N5O4. The lowest BCUT2D eigenvalue weighted by Gasteiger charge is -2.27. The van der Waals surface area contributed by atoms with Crippen LogP contribution in [0.25, 0.3) is 5.69 Å². The van der Waals surface area contributed by atoms with E-state index in [0.717, 1.165) is 11.3 Å². The third-order valence-electron chi connectivity index (χ3n) is 5.21. The molecule has 0 N–H and O–H groups in total. The highest BCUT2D eigenvalue weighted by molar-refractivity contribution is 5.95. The van der Waals surface area contributed by atoms with Gasteiger partial charge in [0.05, 0.1) is 30.0 Å². The van der Waals surface area contributed by atoms with Gasteiger partial charge in [0.25, 0.3) is 11.6 Å². The number of ether oxygens (including phenoxy) is 1. The van der Waals surface area contributed by atoms with E-state index < -0.39 is 4.92 Å². The second kappa shape index (κ2) is 8.97. The molecule has 0 bridgehead atoms. The van der Waals surface area contributed by atoms with Crippen molar-refractivity contribution in [3.8, 4) is 5.69 Å². The number of rotatable bonds is 6. The molecule has 1 aliphatic rings. The van der Waals surface area contributed by atoms with Crippen LogP contribution in [0.15, 0.2) is 60.9 Å². The number of para-hydroxylation sites is 1. The molecule has 1 aromatic heterocycles. The third-order valence-corrected chi connectivity index (χ3v) is 5.21. The summed E-state index contributed by atoms with van der Waals surface area (Å²) in [6.07, 6.45) is 3.64. The first-order valence-corrected chi connectivity index (χ1v) is 9.98. The normalized spacial score (nSPS) is 13.8. The molecule has 2 aromatic carbocycles. The summed E-state index contributed by atoms with van der Waals surface area (Å²) in [5.74, 6) is -0.218. The zero-order chi connectivity index (χ0) is 21.8. The maximum atomic E-state index is 12.7. The van der Waals surface area contributed by atoms with Gasteiger partial charge in [0.15, 0.2) is 0 Å². The Labute approximate surface area is 179 Å². The Morgan fingerprint density at radius 1 is 1.19 bits per heavy atom. The van der Waals surface area contributed by atoms with Crippen molar-refractivity contribution in [2.24, 2.45) is 0 Å². The van der Waals surface area contributed by atoms with E-state index in [-0.39, 0.29) is 11.6 Å². The quantitative estimate of drug-likeness (QED) is 0.449. The lowest BCUT2D eigenvalue weighted by molar-refractivity contribution is -0.384. The highest BCUT2D eigenvalue weighted by Crippen LogP contribution is 2.30. The Morgan fingerprint density at radius 2 is 1.94 bits per heavy atom. The van der Waals surface area contributed by atoms with Gasteiger partial charge in [0.2, 0.25) is 0 Å². The van der Waals surface area contributed by atoms with E-state index in [0.29, 0.717) is 44.1 Å². The molecule has 0 saturated carbocycles. The van der Waals surface area contributed by atoms with Crippen LogP contribution in [0.4, 0.5) is 11.4 Å². The molecule has 1 saturated heterocycles. The fraction of sp³-hybridized carbons (Fsp3) is 0.273. The Balaban J connectivity index is 1.53. The van der Waals surface area contributed by atoms with Gasteiger partial charge in [-0.1, -0.05) is 18.2 Å². The van der Waals surface area contributed by atoms with Gasteiger partial charge in [-0.3, -0.25) is 14.9 Å². The zero-order valence-electron chi connectivity index (χ0n) is 17.2. The van der Waals surface area contributed by atoms with E-state index in [1.807, 2.05) is 36.5 Å². The van der Waals surface area contributed by atoms with Gasteiger partial charge in [-0.25, -0.2) is 4.68 Å². The molecule has 1 amide bonds. The molecule has 0 atom stereocenters. The average Bonchev–Trinajstić information content (AvgIpc) is 3.27. The van der Waals surface area contributed by atoms with E-state index in [9.17, 15) is 14.9 Å². The molecule has 0 spiro atoms. The Morgan fingerprint density at radius 3 is 2.65 bits per heavy atom. The molecular weight excluding hydrogens is 398 g/mol. The number of nitrogens with zero attached hydrogens (tertiary/aromatic N) is 5. The van der Waals surface area contributed by atoms with Gasteiger partial charge in [-0.15, -0.1) is 0 Å². The van der Waals surface area contributed by atoms with Gasteiger partial charge in [0.1, 0.15) is 5.69 Å². The highest BCUT2D eigenvalue weighted by atomic mass is 16.6. The topological polar surface area (TPSA) is 93.7 Å². The number of aromatic nitrogens is 2. The number of hydrogen-bond donors (Lipinski definition) is 0. The van der Waals surface area contributed by atoms with Crippen molar-refractivity contribution < 1.29 is 14.5 Å². The summed E-state index contributed by atoms with van der Waals surface area (Å²) >= 11 is 0. The second-order valence-electron chi connectivity index (χ2n) is 7.35. The minimum absolute atomic E-state index is 0.0999. The molecule has 1 aliphatic heterocycles. The average molecular weight is 421 g/mol. The first kappa shape index (κ1) is 20.5. The van der Waals surface area contributed by atoms with Crippen molar-refractivity contribution in [1.82, 2.24) is 14.7 Å². The molecule has 3 aromatic rings. The molecule has 2 heterocycles. The smallest absolute Gasteiger partial charge is 0.293 e. The summed E-state index contributed by atoms with van der Waals surface area (Å²) in [7, 11) is 1.78. The van der Waals surface area contributed by atoms with Crippen molar-refractivity contribution >= 4 is 17.3 Å². The van der Waals surface area contributed by atoms with Crippen LogP contribution in [0.1, 0.15) is 15.9 Å². The van der Waals surface area contributed by atoms with Crippen LogP contribution in [-0.4, -0.2) is 58.9 Å². The molecule has 9 heteroatoms. The van der Waals surface area contributed by atoms with Gasteiger partial charge < -0.3 is 14.5 Å². The van der Waals surface area contributed by atoms with Crippen LogP contribution in [0.5, 0.6) is 0 Å². The second-order valence-corrected chi connectivity index (χ2v) is 7.35. The predicted octanol–water partition coefficient (Wildman–Crippen LogP) is 2.89. The number of nitro benzene ring substituents is 1. The molecule has 9 nitrogen and oxygen atoms in total. The van der Waals surface area contributed by atoms with Crippen molar-refractivity contribution in [1.29, 1.82) is 0 Å². The molecule has 160 valence electrons. The fourth-order valence-electron chi connectivity index (χ4n) is 3.60. The maximum Gasteiger partial charge on any atom is 0.293 e. The molecule has 1 fully saturated rings. The first-order chi connectivity index (χ1) is 15.0. The Bertz CT molecular complexity index is 1080. The Kier molecular flexibility index (Phi) is 5.94. The third kappa shape index (κ3) is 4.56. The van der Waals surface area contributed by atoms with Crippen molar-refractivity contribution in [3.63, 3.8) is 0 Å².